The molecule has 2 aromatic rings. The summed E-state index contributed by atoms with van der Waals surface area (Å²) < 4.78 is 12.8. The number of ether oxygens (including phenoxy) is 2. The molecule has 0 radical (unpaired) electrons. The van der Waals surface area contributed by atoms with Crippen LogP contribution in [0.25, 0.3) is 0 Å². The summed E-state index contributed by atoms with van der Waals surface area (Å²) in [6, 6.07) is 1.74. The van der Waals surface area contributed by atoms with Crippen molar-refractivity contribution in [2.75, 3.05) is 11.9 Å². The monoisotopic (exact) mass is 332 g/mol. The minimum Gasteiger partial charge on any atom is -0.388 e. The van der Waals surface area contributed by atoms with Crippen LogP contribution in [0.2, 0.25) is 0 Å². The average molecular weight is 332 g/mol. The van der Waals surface area contributed by atoms with Crippen LogP contribution in [0.4, 0.5) is 10.5 Å². The molecule has 4 rings (SSSR count). The van der Waals surface area contributed by atoms with Gasteiger partial charge in [0.2, 0.25) is 0 Å². The number of nitrogens with zero attached hydrogens (tertiary/aromatic N) is 4. The van der Waals surface area contributed by atoms with Crippen LogP contribution in [0.3, 0.4) is 0 Å². The Kier molecular flexibility index (Phi) is 3.84. The van der Waals surface area contributed by atoms with Crippen LogP contribution in [-0.2, 0) is 9.47 Å². The molecule has 0 aliphatic carbocycles. The molecule has 2 saturated heterocycles. The number of aliphatic hydroxyl groups is 1. The van der Waals surface area contributed by atoms with Crippen molar-refractivity contribution in [1.29, 1.82) is 0 Å². The smallest absolute Gasteiger partial charge is 0.319 e. The van der Waals surface area contributed by atoms with Crippen molar-refractivity contribution in [2.45, 2.75) is 30.6 Å². The number of anilines is 1. The maximum atomic E-state index is 12.2. The lowest BCUT2D eigenvalue weighted by Crippen LogP contribution is -2.59. The molecular formula is C14H16N6O4. The molecule has 10 heteroatoms. The summed E-state index contributed by atoms with van der Waals surface area (Å²) in [6.07, 6.45) is 4.01. The van der Waals surface area contributed by atoms with Gasteiger partial charge in [-0.1, -0.05) is 0 Å². The fourth-order valence-electron chi connectivity index (χ4n) is 2.99. The van der Waals surface area contributed by atoms with E-state index >= 15 is 0 Å². The maximum Gasteiger partial charge on any atom is 0.319 e. The van der Waals surface area contributed by atoms with Gasteiger partial charge < -0.3 is 25.2 Å². The zero-order chi connectivity index (χ0) is 16.5. The van der Waals surface area contributed by atoms with Crippen molar-refractivity contribution in [3.05, 3.63) is 37.2 Å². The molecular weight excluding hydrogens is 316 g/mol. The molecule has 0 saturated carbocycles. The lowest BCUT2D eigenvalue weighted by Gasteiger charge is -2.38. The Morgan fingerprint density at radius 1 is 1.42 bits per heavy atom. The number of carbonyl (C=O) groups is 1. The molecule has 126 valence electrons. The molecule has 4 heterocycles. The second kappa shape index (κ2) is 6.15. The number of hydrogen-bond donors (Lipinski definition) is 3. The lowest BCUT2D eigenvalue weighted by molar-refractivity contribution is -0.166. The standard InChI is InChI=1S/C14H16N6O4/c21-12-10(19-14(22)18-8-2-1-3-15-4-8)9-5-23-13(24-9)11(12)20-7-16-6-17-20/h1-4,6-7,9-13,21H,5H2,(H2,18,19,22)/t9-,10-,11-,12+,13-/m1/s1. The van der Waals surface area contributed by atoms with E-state index in [1.165, 1.54) is 23.5 Å². The highest BCUT2D eigenvalue weighted by Gasteiger charge is 2.51. The van der Waals surface area contributed by atoms with Crippen molar-refractivity contribution >= 4 is 11.7 Å². The zero-order valence-corrected chi connectivity index (χ0v) is 12.5. The number of pyridine rings is 1. The average Bonchev–Trinajstić information content (AvgIpc) is 3.24. The number of hydrogen-bond acceptors (Lipinski definition) is 7. The second-order valence-corrected chi connectivity index (χ2v) is 5.60. The van der Waals surface area contributed by atoms with E-state index in [-0.39, 0.29) is 6.61 Å². The first-order valence-electron chi connectivity index (χ1n) is 7.49. The number of urea groups is 1. The number of amides is 2. The summed E-state index contributed by atoms with van der Waals surface area (Å²) in [6.45, 7) is 0.283. The number of fused-ring (bicyclic) bond motifs is 2. The van der Waals surface area contributed by atoms with Gasteiger partial charge in [0.05, 0.1) is 24.5 Å². The van der Waals surface area contributed by atoms with Crippen molar-refractivity contribution in [2.24, 2.45) is 0 Å². The third-order valence-corrected chi connectivity index (χ3v) is 4.09. The fourth-order valence-corrected chi connectivity index (χ4v) is 2.99. The van der Waals surface area contributed by atoms with Crippen LogP contribution in [0.15, 0.2) is 37.2 Å². The summed E-state index contributed by atoms with van der Waals surface area (Å²) in [5, 5.41) is 20.1. The summed E-state index contributed by atoms with van der Waals surface area (Å²) >= 11 is 0. The van der Waals surface area contributed by atoms with E-state index in [1.54, 1.807) is 18.3 Å². The Morgan fingerprint density at radius 3 is 3.08 bits per heavy atom. The Hall–Kier alpha value is -2.56. The van der Waals surface area contributed by atoms with Gasteiger partial charge in [-0.3, -0.25) is 4.98 Å². The number of carbonyl (C=O) groups excluding carboxylic acids is 1. The SMILES string of the molecule is O=C(Nc1cccnc1)N[C@H]1[C@H](O)[C@@H](n2cncn2)[C@@H]2OC[C@H]1O2. The fraction of sp³-hybridized carbons (Fsp3) is 0.429. The Morgan fingerprint density at radius 2 is 2.33 bits per heavy atom. The van der Waals surface area contributed by atoms with Gasteiger partial charge in [0, 0.05) is 6.20 Å². The van der Waals surface area contributed by atoms with Gasteiger partial charge >= 0.3 is 6.03 Å². The molecule has 5 atom stereocenters. The molecule has 2 aliphatic rings. The van der Waals surface area contributed by atoms with Crippen molar-refractivity contribution < 1.29 is 19.4 Å². The van der Waals surface area contributed by atoms with Gasteiger partial charge in [0.1, 0.15) is 30.9 Å². The van der Waals surface area contributed by atoms with Crippen molar-refractivity contribution in [1.82, 2.24) is 25.1 Å². The summed E-state index contributed by atoms with van der Waals surface area (Å²) in [5.41, 5.74) is 0.551. The number of nitrogens with one attached hydrogen (secondary N) is 2. The lowest BCUT2D eigenvalue weighted by atomic mass is 9.96. The molecule has 24 heavy (non-hydrogen) atoms. The Balaban J connectivity index is 1.48. The minimum absolute atomic E-state index is 0.283. The van der Waals surface area contributed by atoms with E-state index < -0.39 is 36.6 Å². The zero-order valence-electron chi connectivity index (χ0n) is 12.5. The predicted octanol–water partition coefficient (Wildman–Crippen LogP) is -0.480. The van der Waals surface area contributed by atoms with E-state index in [9.17, 15) is 9.90 Å². The first kappa shape index (κ1) is 15.0. The van der Waals surface area contributed by atoms with Gasteiger partial charge in [-0.25, -0.2) is 14.5 Å². The van der Waals surface area contributed by atoms with E-state index in [0.717, 1.165) is 0 Å². The van der Waals surface area contributed by atoms with Crippen molar-refractivity contribution in [3.63, 3.8) is 0 Å². The molecule has 2 fully saturated rings. The topological polar surface area (TPSA) is 123 Å². The van der Waals surface area contributed by atoms with E-state index in [0.29, 0.717) is 5.69 Å². The third-order valence-electron chi connectivity index (χ3n) is 4.09. The quantitative estimate of drug-likeness (QED) is 0.693. The van der Waals surface area contributed by atoms with Crippen LogP contribution in [0, 0.1) is 0 Å². The highest BCUT2D eigenvalue weighted by molar-refractivity contribution is 5.89. The van der Waals surface area contributed by atoms with Crippen LogP contribution >= 0.6 is 0 Å². The van der Waals surface area contributed by atoms with Gasteiger partial charge in [-0.15, -0.1) is 0 Å². The van der Waals surface area contributed by atoms with Crippen LogP contribution in [0.5, 0.6) is 0 Å². The maximum absolute atomic E-state index is 12.2. The van der Waals surface area contributed by atoms with E-state index in [4.69, 9.17) is 9.47 Å². The molecule has 3 N–H and O–H groups in total. The van der Waals surface area contributed by atoms with Crippen molar-refractivity contribution in [3.8, 4) is 0 Å². The molecule has 0 unspecified atom stereocenters. The highest BCUT2D eigenvalue weighted by Crippen LogP contribution is 2.35. The van der Waals surface area contributed by atoms with Gasteiger partial charge in [-0.05, 0) is 12.1 Å². The Bertz CT molecular complexity index is 697. The number of aliphatic hydroxyl groups excluding tert-OH is 1. The first-order chi connectivity index (χ1) is 11.7. The summed E-state index contributed by atoms with van der Waals surface area (Å²) in [7, 11) is 0. The van der Waals surface area contributed by atoms with Crippen LogP contribution in [-0.4, -0.2) is 62.0 Å². The van der Waals surface area contributed by atoms with Gasteiger partial charge in [-0.2, -0.15) is 5.10 Å². The van der Waals surface area contributed by atoms with Crippen LogP contribution < -0.4 is 10.6 Å². The van der Waals surface area contributed by atoms with Gasteiger partial charge in [0.15, 0.2) is 6.29 Å². The second-order valence-electron chi connectivity index (χ2n) is 5.60. The highest BCUT2D eigenvalue weighted by atomic mass is 16.7. The van der Waals surface area contributed by atoms with Gasteiger partial charge in [0.25, 0.3) is 0 Å². The molecule has 0 aromatic carbocycles. The predicted molar refractivity (Wildman–Crippen MR) is 79.9 cm³/mol. The molecule has 2 amide bonds. The van der Waals surface area contributed by atoms with Crippen LogP contribution in [0.1, 0.15) is 6.04 Å². The molecule has 2 bridgehead atoms. The van der Waals surface area contributed by atoms with E-state index in [1.807, 2.05) is 0 Å². The Labute approximate surface area is 136 Å². The molecule has 2 aromatic heterocycles. The molecule has 2 aliphatic heterocycles. The summed E-state index contributed by atoms with van der Waals surface area (Å²) in [4.78, 5) is 20.0. The third kappa shape index (κ3) is 2.70. The van der Waals surface area contributed by atoms with E-state index in [2.05, 4.69) is 25.7 Å². The largest absolute Gasteiger partial charge is 0.388 e. The normalized spacial score (nSPS) is 31.6. The number of aromatic nitrogens is 4. The first-order valence-corrected chi connectivity index (χ1v) is 7.49. The molecule has 0 spiro atoms. The number of rotatable bonds is 3. The summed E-state index contributed by atoms with van der Waals surface area (Å²) in [5.74, 6) is 0. The minimum atomic E-state index is -0.933. The molecule has 10 nitrogen and oxygen atoms in total.